The molecule has 1 saturated heterocycles. The zero-order valence-electron chi connectivity index (χ0n) is 11.1. The Morgan fingerprint density at radius 1 is 1.17 bits per heavy atom. The molecule has 0 amide bonds. The first-order valence-electron chi connectivity index (χ1n) is 6.79. The number of nitrogens with zero attached hydrogens (tertiary/aromatic N) is 3. The second kappa shape index (κ2) is 6.83. The molecule has 2 rings (SSSR count). The van der Waals surface area contributed by atoms with E-state index in [9.17, 15) is 5.11 Å². The molecule has 1 aromatic heterocycles. The lowest BCUT2D eigenvalue weighted by Gasteiger charge is -2.35. The van der Waals surface area contributed by atoms with Gasteiger partial charge < -0.3 is 5.11 Å². The van der Waals surface area contributed by atoms with Crippen molar-refractivity contribution in [2.24, 2.45) is 0 Å². The zero-order chi connectivity index (χ0) is 12.8. The van der Waals surface area contributed by atoms with Gasteiger partial charge >= 0.3 is 0 Å². The van der Waals surface area contributed by atoms with Crippen LogP contribution in [0, 0.1) is 0 Å². The average molecular weight is 249 g/mol. The molecular weight excluding hydrogens is 226 g/mol. The fourth-order valence-electron chi connectivity index (χ4n) is 2.30. The van der Waals surface area contributed by atoms with Crippen molar-refractivity contribution in [2.45, 2.75) is 26.0 Å². The summed E-state index contributed by atoms with van der Waals surface area (Å²) >= 11 is 0. The van der Waals surface area contributed by atoms with Crippen LogP contribution in [0.3, 0.4) is 0 Å². The van der Waals surface area contributed by atoms with E-state index in [4.69, 9.17) is 0 Å². The summed E-state index contributed by atoms with van der Waals surface area (Å²) in [5.74, 6) is 0. The first-order chi connectivity index (χ1) is 8.78. The minimum Gasteiger partial charge on any atom is -0.392 e. The van der Waals surface area contributed by atoms with Crippen LogP contribution in [0.5, 0.6) is 0 Å². The van der Waals surface area contributed by atoms with E-state index in [0.717, 1.165) is 45.7 Å². The van der Waals surface area contributed by atoms with Crippen LogP contribution in [0.2, 0.25) is 0 Å². The Bertz CT molecular complexity index is 336. The Morgan fingerprint density at radius 2 is 1.78 bits per heavy atom. The lowest BCUT2D eigenvalue weighted by atomic mass is 10.2. The van der Waals surface area contributed by atoms with E-state index in [0.29, 0.717) is 0 Å². The maximum atomic E-state index is 9.65. The summed E-state index contributed by atoms with van der Waals surface area (Å²) in [5, 5.41) is 9.65. The monoisotopic (exact) mass is 249 g/mol. The summed E-state index contributed by atoms with van der Waals surface area (Å²) in [6, 6.07) is 4.15. The molecular formula is C14H23N3O. The van der Waals surface area contributed by atoms with Crippen LogP contribution in [0.15, 0.2) is 24.5 Å². The second-order valence-electron chi connectivity index (χ2n) is 4.99. The molecule has 1 fully saturated rings. The number of rotatable bonds is 5. The standard InChI is InChI=1S/C14H23N3O/c1-2-14(18)12-17-9-7-16(8-10-17)11-13-3-5-15-6-4-13/h3-6,14,18H,2,7-12H2,1H3. The number of hydrogen-bond acceptors (Lipinski definition) is 4. The Labute approximate surface area is 109 Å². The average Bonchev–Trinajstić information content (AvgIpc) is 2.42. The topological polar surface area (TPSA) is 39.6 Å². The van der Waals surface area contributed by atoms with Gasteiger partial charge in [-0.25, -0.2) is 0 Å². The predicted octanol–water partition coefficient (Wildman–Crippen LogP) is 0.970. The largest absolute Gasteiger partial charge is 0.392 e. The minimum absolute atomic E-state index is 0.170. The van der Waals surface area contributed by atoms with Gasteiger partial charge in [0.2, 0.25) is 0 Å². The van der Waals surface area contributed by atoms with Crippen LogP contribution in [0.1, 0.15) is 18.9 Å². The van der Waals surface area contributed by atoms with Crippen molar-refractivity contribution in [1.82, 2.24) is 14.8 Å². The Morgan fingerprint density at radius 3 is 2.39 bits per heavy atom. The summed E-state index contributed by atoms with van der Waals surface area (Å²) in [6.45, 7) is 8.14. The van der Waals surface area contributed by atoms with E-state index in [1.54, 1.807) is 0 Å². The van der Waals surface area contributed by atoms with E-state index < -0.39 is 0 Å². The number of aliphatic hydroxyl groups is 1. The molecule has 4 heteroatoms. The van der Waals surface area contributed by atoms with Gasteiger partial charge in [0, 0.05) is 51.7 Å². The molecule has 0 aromatic carbocycles. The summed E-state index contributed by atoms with van der Waals surface area (Å²) in [6.07, 6.45) is 4.38. The predicted molar refractivity (Wildman–Crippen MR) is 72.3 cm³/mol. The van der Waals surface area contributed by atoms with Crippen LogP contribution in [-0.2, 0) is 6.54 Å². The fraction of sp³-hybridized carbons (Fsp3) is 0.643. The Balaban J connectivity index is 1.73. The lowest BCUT2D eigenvalue weighted by Crippen LogP contribution is -2.48. The highest BCUT2D eigenvalue weighted by Gasteiger charge is 2.18. The van der Waals surface area contributed by atoms with Crippen molar-refractivity contribution < 1.29 is 5.11 Å². The maximum absolute atomic E-state index is 9.65. The first-order valence-corrected chi connectivity index (χ1v) is 6.79. The third-order valence-electron chi connectivity index (χ3n) is 3.56. The van der Waals surface area contributed by atoms with E-state index >= 15 is 0 Å². The van der Waals surface area contributed by atoms with E-state index in [2.05, 4.69) is 26.9 Å². The number of hydrogen-bond donors (Lipinski definition) is 1. The summed E-state index contributed by atoms with van der Waals surface area (Å²) in [7, 11) is 0. The minimum atomic E-state index is -0.170. The molecule has 1 aliphatic rings. The van der Waals surface area contributed by atoms with E-state index in [1.807, 2.05) is 19.3 Å². The van der Waals surface area contributed by atoms with Crippen LogP contribution in [0.25, 0.3) is 0 Å². The van der Waals surface area contributed by atoms with Gasteiger partial charge in [-0.15, -0.1) is 0 Å². The van der Waals surface area contributed by atoms with Crippen LogP contribution >= 0.6 is 0 Å². The number of piperazine rings is 1. The van der Waals surface area contributed by atoms with Gasteiger partial charge in [0.05, 0.1) is 6.10 Å². The molecule has 1 N–H and O–H groups in total. The van der Waals surface area contributed by atoms with Gasteiger partial charge in [-0.2, -0.15) is 0 Å². The number of β-amino-alcohol motifs (C(OH)–C–C–N with tert-alkyl or cyclic N) is 1. The molecule has 1 unspecified atom stereocenters. The molecule has 0 saturated carbocycles. The second-order valence-corrected chi connectivity index (χ2v) is 4.99. The van der Waals surface area contributed by atoms with Crippen LogP contribution < -0.4 is 0 Å². The van der Waals surface area contributed by atoms with Crippen molar-refractivity contribution in [3.63, 3.8) is 0 Å². The first kappa shape index (κ1) is 13.5. The molecule has 1 aromatic rings. The smallest absolute Gasteiger partial charge is 0.0664 e. The number of aromatic nitrogens is 1. The molecule has 100 valence electrons. The van der Waals surface area contributed by atoms with Gasteiger partial charge in [0.1, 0.15) is 0 Å². The van der Waals surface area contributed by atoms with Gasteiger partial charge in [0.15, 0.2) is 0 Å². The number of pyridine rings is 1. The molecule has 0 spiro atoms. The van der Waals surface area contributed by atoms with Crippen molar-refractivity contribution in [1.29, 1.82) is 0 Å². The molecule has 0 bridgehead atoms. The van der Waals surface area contributed by atoms with Crippen molar-refractivity contribution >= 4 is 0 Å². The SMILES string of the molecule is CCC(O)CN1CCN(Cc2ccncc2)CC1. The normalized spacial score (nSPS) is 19.9. The quantitative estimate of drug-likeness (QED) is 0.844. The molecule has 18 heavy (non-hydrogen) atoms. The third kappa shape index (κ3) is 4.05. The zero-order valence-corrected chi connectivity index (χ0v) is 11.1. The molecule has 2 heterocycles. The highest BCUT2D eigenvalue weighted by Crippen LogP contribution is 2.08. The van der Waals surface area contributed by atoms with Crippen molar-refractivity contribution in [2.75, 3.05) is 32.7 Å². The van der Waals surface area contributed by atoms with Crippen LogP contribution in [0.4, 0.5) is 0 Å². The van der Waals surface area contributed by atoms with Crippen molar-refractivity contribution in [3.05, 3.63) is 30.1 Å². The third-order valence-corrected chi connectivity index (χ3v) is 3.56. The molecule has 4 nitrogen and oxygen atoms in total. The van der Waals surface area contributed by atoms with Gasteiger partial charge in [0.25, 0.3) is 0 Å². The molecule has 1 atom stereocenters. The number of aliphatic hydroxyl groups excluding tert-OH is 1. The Kier molecular flexibility index (Phi) is 5.11. The summed E-state index contributed by atoms with van der Waals surface area (Å²) in [4.78, 5) is 8.86. The van der Waals surface area contributed by atoms with Crippen LogP contribution in [-0.4, -0.2) is 58.7 Å². The molecule has 0 aliphatic carbocycles. The fourth-order valence-corrected chi connectivity index (χ4v) is 2.30. The highest BCUT2D eigenvalue weighted by molar-refractivity contribution is 5.09. The Hall–Kier alpha value is -0.970. The summed E-state index contributed by atoms with van der Waals surface area (Å²) in [5.41, 5.74) is 1.33. The molecule has 1 aliphatic heterocycles. The van der Waals surface area contributed by atoms with Crippen molar-refractivity contribution in [3.8, 4) is 0 Å². The van der Waals surface area contributed by atoms with Gasteiger partial charge in [-0.3, -0.25) is 14.8 Å². The van der Waals surface area contributed by atoms with Gasteiger partial charge in [-0.1, -0.05) is 6.92 Å². The lowest BCUT2D eigenvalue weighted by molar-refractivity contribution is 0.0687. The summed E-state index contributed by atoms with van der Waals surface area (Å²) < 4.78 is 0. The highest BCUT2D eigenvalue weighted by atomic mass is 16.3. The van der Waals surface area contributed by atoms with E-state index in [1.165, 1.54) is 5.56 Å². The van der Waals surface area contributed by atoms with E-state index in [-0.39, 0.29) is 6.10 Å². The maximum Gasteiger partial charge on any atom is 0.0664 e. The van der Waals surface area contributed by atoms with Gasteiger partial charge in [-0.05, 0) is 24.1 Å². The molecule has 0 radical (unpaired) electrons.